The van der Waals surface area contributed by atoms with Crippen LogP contribution in [-0.2, 0) is 6.42 Å². The van der Waals surface area contributed by atoms with Gasteiger partial charge in [-0.2, -0.15) is 0 Å². The van der Waals surface area contributed by atoms with Crippen LogP contribution >= 0.6 is 0 Å². The first-order valence-electron chi connectivity index (χ1n) is 6.31. The number of primary amides is 2. The highest BCUT2D eigenvalue weighted by molar-refractivity contribution is 5.69. The first kappa shape index (κ1) is 20.5. The van der Waals surface area contributed by atoms with E-state index in [1.54, 1.807) is 0 Å². The van der Waals surface area contributed by atoms with Crippen molar-refractivity contribution in [3.63, 3.8) is 0 Å². The van der Waals surface area contributed by atoms with Crippen LogP contribution in [0.1, 0.15) is 11.1 Å². The largest absolute Gasteiger partial charge is 0.352 e. The number of hydrogen-bond donors (Lipinski definition) is 2. The zero-order valence-corrected chi connectivity index (χ0v) is 12.4. The number of amides is 2. The van der Waals surface area contributed by atoms with Gasteiger partial charge in [-0.05, 0) is 17.5 Å². The van der Waals surface area contributed by atoms with E-state index in [1.165, 1.54) is 11.1 Å². The van der Waals surface area contributed by atoms with Crippen molar-refractivity contribution >= 4 is 6.03 Å². The highest BCUT2D eigenvalue weighted by atomic mass is 16.2. The molecule has 0 saturated heterocycles. The smallest absolute Gasteiger partial charge is 0.309 e. The van der Waals surface area contributed by atoms with E-state index in [1.807, 2.05) is 0 Å². The molecule has 0 bridgehead atoms. The van der Waals surface area contributed by atoms with Gasteiger partial charge in [-0.1, -0.05) is 60.7 Å². The van der Waals surface area contributed by atoms with Crippen molar-refractivity contribution < 1.29 is 4.79 Å². The SMILES string of the molecule is C=C.C=C.NC(N)=O.c1ccc(Cc2ccccc2)cc1. The quantitative estimate of drug-likeness (QED) is 0.807. The van der Waals surface area contributed by atoms with Gasteiger partial charge in [-0.15, -0.1) is 26.3 Å². The second-order valence-corrected chi connectivity index (χ2v) is 3.55. The van der Waals surface area contributed by atoms with Gasteiger partial charge < -0.3 is 11.5 Å². The fourth-order valence-electron chi connectivity index (χ4n) is 1.43. The molecule has 112 valence electrons. The fraction of sp³-hybridized carbons (Fsp3) is 0.0556. The second kappa shape index (κ2) is 15.2. The van der Waals surface area contributed by atoms with Crippen LogP contribution < -0.4 is 11.5 Å². The molecular formula is C18H24N2O. The zero-order chi connectivity index (χ0) is 16.5. The molecule has 2 rings (SSSR count). The van der Waals surface area contributed by atoms with Crippen molar-refractivity contribution in [2.75, 3.05) is 0 Å². The van der Waals surface area contributed by atoms with E-state index in [2.05, 4.69) is 98.4 Å². The van der Waals surface area contributed by atoms with Gasteiger partial charge in [0.1, 0.15) is 0 Å². The summed E-state index contributed by atoms with van der Waals surface area (Å²) in [5.74, 6) is 0. The summed E-state index contributed by atoms with van der Waals surface area (Å²) in [4.78, 5) is 9.00. The Balaban J connectivity index is 0. The molecule has 0 saturated carbocycles. The molecule has 2 aromatic carbocycles. The summed E-state index contributed by atoms with van der Waals surface area (Å²) < 4.78 is 0. The summed E-state index contributed by atoms with van der Waals surface area (Å²) in [5.41, 5.74) is 11.2. The molecule has 0 fully saturated rings. The standard InChI is InChI=1S/C13H12.2C2H4.CH4N2O/c1-3-7-12(8-4-1)11-13-9-5-2-6-10-13;2*1-2;2-1(3)4/h1-10H,11H2;2*1-2H2;(H4,2,3,4). The van der Waals surface area contributed by atoms with Crippen LogP contribution in [0.4, 0.5) is 4.79 Å². The second-order valence-electron chi connectivity index (χ2n) is 3.55. The summed E-state index contributed by atoms with van der Waals surface area (Å²) in [7, 11) is 0. The van der Waals surface area contributed by atoms with Crippen molar-refractivity contribution in [3.8, 4) is 0 Å². The van der Waals surface area contributed by atoms with Gasteiger partial charge in [-0.25, -0.2) is 4.79 Å². The van der Waals surface area contributed by atoms with Gasteiger partial charge in [0.05, 0.1) is 0 Å². The van der Waals surface area contributed by atoms with E-state index in [0.717, 1.165) is 6.42 Å². The third-order valence-corrected chi connectivity index (χ3v) is 2.09. The maximum Gasteiger partial charge on any atom is 0.309 e. The van der Waals surface area contributed by atoms with Crippen LogP contribution in [0.15, 0.2) is 87.0 Å². The van der Waals surface area contributed by atoms with Crippen LogP contribution in [0, 0.1) is 0 Å². The van der Waals surface area contributed by atoms with Crippen molar-refractivity contribution in [1.29, 1.82) is 0 Å². The summed E-state index contributed by atoms with van der Waals surface area (Å²) in [6, 6.07) is 20.2. The van der Waals surface area contributed by atoms with Crippen LogP contribution in [0.2, 0.25) is 0 Å². The molecule has 0 aliphatic heterocycles. The molecular weight excluding hydrogens is 260 g/mol. The first-order chi connectivity index (χ1) is 10.2. The number of carbonyl (C=O) groups excluding carboxylic acids is 1. The van der Waals surface area contributed by atoms with Crippen LogP contribution in [0.25, 0.3) is 0 Å². The highest BCUT2D eigenvalue weighted by Crippen LogP contribution is 2.07. The lowest BCUT2D eigenvalue weighted by molar-refractivity contribution is 0.256. The molecule has 0 atom stereocenters. The van der Waals surface area contributed by atoms with E-state index in [-0.39, 0.29) is 0 Å². The Hall–Kier alpha value is -2.81. The van der Waals surface area contributed by atoms with E-state index >= 15 is 0 Å². The molecule has 4 N–H and O–H groups in total. The third-order valence-electron chi connectivity index (χ3n) is 2.09. The zero-order valence-electron chi connectivity index (χ0n) is 12.4. The Labute approximate surface area is 127 Å². The predicted molar refractivity (Wildman–Crippen MR) is 92.0 cm³/mol. The van der Waals surface area contributed by atoms with Crippen molar-refractivity contribution in [1.82, 2.24) is 0 Å². The maximum absolute atomic E-state index is 9.00. The minimum atomic E-state index is -0.833. The number of benzene rings is 2. The molecule has 0 unspecified atom stereocenters. The minimum Gasteiger partial charge on any atom is -0.352 e. The average Bonchev–Trinajstić information content (AvgIpc) is 2.53. The molecule has 0 radical (unpaired) electrons. The lowest BCUT2D eigenvalue weighted by Gasteiger charge is -2.00. The van der Waals surface area contributed by atoms with Crippen molar-refractivity contribution in [2.45, 2.75) is 6.42 Å². The van der Waals surface area contributed by atoms with Crippen LogP contribution in [-0.4, -0.2) is 6.03 Å². The van der Waals surface area contributed by atoms with Gasteiger partial charge >= 0.3 is 6.03 Å². The molecule has 3 nitrogen and oxygen atoms in total. The summed E-state index contributed by atoms with van der Waals surface area (Å²) in [5, 5.41) is 0. The Kier molecular flexibility index (Phi) is 14.9. The summed E-state index contributed by atoms with van der Waals surface area (Å²) in [6.07, 6.45) is 1.03. The Morgan fingerprint density at radius 3 is 1.19 bits per heavy atom. The predicted octanol–water partition coefficient (Wildman–Crippen LogP) is 3.91. The molecule has 0 heterocycles. The number of rotatable bonds is 2. The summed E-state index contributed by atoms with van der Waals surface area (Å²) in [6.45, 7) is 12.0. The molecule has 0 aromatic heterocycles. The van der Waals surface area contributed by atoms with Crippen molar-refractivity contribution in [2.24, 2.45) is 11.5 Å². The van der Waals surface area contributed by atoms with Gasteiger partial charge in [0.2, 0.25) is 0 Å². The maximum atomic E-state index is 9.00. The van der Waals surface area contributed by atoms with Gasteiger partial charge in [0, 0.05) is 0 Å². The Morgan fingerprint density at radius 1 is 0.714 bits per heavy atom. The average molecular weight is 284 g/mol. The Morgan fingerprint density at radius 2 is 0.952 bits per heavy atom. The Bertz CT molecular complexity index is 426. The molecule has 2 aromatic rings. The highest BCUT2D eigenvalue weighted by Gasteiger charge is 1.92. The topological polar surface area (TPSA) is 69.1 Å². The van der Waals surface area contributed by atoms with Crippen LogP contribution in [0.3, 0.4) is 0 Å². The lowest BCUT2D eigenvalue weighted by Crippen LogP contribution is -2.18. The van der Waals surface area contributed by atoms with Crippen LogP contribution in [0.5, 0.6) is 0 Å². The molecule has 0 spiro atoms. The fourth-order valence-corrected chi connectivity index (χ4v) is 1.43. The molecule has 0 aliphatic rings. The van der Waals surface area contributed by atoms with E-state index in [9.17, 15) is 0 Å². The van der Waals surface area contributed by atoms with Crippen molar-refractivity contribution in [3.05, 3.63) is 98.1 Å². The number of urea groups is 1. The third kappa shape index (κ3) is 13.4. The minimum absolute atomic E-state index is 0.833. The van der Waals surface area contributed by atoms with Gasteiger partial charge in [0.25, 0.3) is 0 Å². The van der Waals surface area contributed by atoms with E-state index < -0.39 is 6.03 Å². The normalized spacial score (nSPS) is 7.62. The lowest BCUT2D eigenvalue weighted by atomic mass is 10.1. The van der Waals surface area contributed by atoms with E-state index in [4.69, 9.17) is 4.79 Å². The number of carbonyl (C=O) groups is 1. The molecule has 3 heteroatoms. The molecule has 21 heavy (non-hydrogen) atoms. The molecule has 2 amide bonds. The number of hydrogen-bond acceptors (Lipinski definition) is 1. The number of nitrogens with two attached hydrogens (primary N) is 2. The van der Waals surface area contributed by atoms with E-state index in [0.29, 0.717) is 0 Å². The monoisotopic (exact) mass is 284 g/mol. The molecule has 0 aliphatic carbocycles. The first-order valence-corrected chi connectivity index (χ1v) is 6.31. The van der Waals surface area contributed by atoms with Gasteiger partial charge in [0.15, 0.2) is 0 Å². The van der Waals surface area contributed by atoms with Gasteiger partial charge in [-0.3, -0.25) is 0 Å². The summed E-state index contributed by atoms with van der Waals surface area (Å²) >= 11 is 0.